The Labute approximate surface area is 190 Å². The maximum Gasteiger partial charge on any atom is 0.272 e. The lowest BCUT2D eigenvalue weighted by Crippen LogP contribution is -2.18. The highest BCUT2D eigenvalue weighted by molar-refractivity contribution is 6.35. The second kappa shape index (κ2) is 9.98. The molecule has 3 aromatic carbocycles. The summed E-state index contributed by atoms with van der Waals surface area (Å²) < 4.78 is 5.99. The van der Waals surface area contributed by atoms with Crippen molar-refractivity contribution in [2.75, 3.05) is 0 Å². The number of carbonyl (C=O) groups excluding carboxylic acids is 1. The van der Waals surface area contributed by atoms with Gasteiger partial charge in [-0.2, -0.15) is 5.10 Å². The lowest BCUT2D eigenvalue weighted by molar-refractivity contribution is 0.0955. The van der Waals surface area contributed by atoms with Gasteiger partial charge >= 0.3 is 0 Å². The van der Waals surface area contributed by atoms with Gasteiger partial charge in [0.2, 0.25) is 0 Å². The van der Waals surface area contributed by atoms with Crippen LogP contribution in [0.25, 0.3) is 0 Å². The molecule has 0 spiro atoms. The molecule has 0 aliphatic heterocycles. The maximum absolute atomic E-state index is 12.2. The van der Waals surface area contributed by atoms with E-state index < -0.39 is 0 Å². The summed E-state index contributed by atoms with van der Waals surface area (Å²) in [6.07, 6.45) is 1.58. The Bertz CT molecular complexity index is 1090. The van der Waals surface area contributed by atoms with Gasteiger partial charge in [0.05, 0.1) is 16.8 Å². The van der Waals surface area contributed by atoms with Gasteiger partial charge in [-0.15, -0.1) is 0 Å². The van der Waals surface area contributed by atoms with Crippen LogP contribution in [0, 0.1) is 13.8 Å². The fourth-order valence-electron chi connectivity index (χ4n) is 2.95. The summed E-state index contributed by atoms with van der Waals surface area (Å²) >= 11 is 18.2. The van der Waals surface area contributed by atoms with Crippen LogP contribution in [0.2, 0.25) is 15.1 Å². The normalized spacial score (nSPS) is 11.0. The van der Waals surface area contributed by atoms with Crippen molar-refractivity contribution in [2.24, 2.45) is 5.10 Å². The number of rotatable bonds is 6. The van der Waals surface area contributed by atoms with Gasteiger partial charge in [-0.05, 0) is 66.9 Å². The molecule has 4 nitrogen and oxygen atoms in total. The largest absolute Gasteiger partial charge is 0.488 e. The number of benzene rings is 3. The van der Waals surface area contributed by atoms with Crippen LogP contribution < -0.4 is 10.2 Å². The van der Waals surface area contributed by atoms with Crippen molar-refractivity contribution in [3.8, 4) is 5.75 Å². The minimum Gasteiger partial charge on any atom is -0.488 e. The van der Waals surface area contributed by atoms with Crippen molar-refractivity contribution >= 4 is 46.9 Å². The molecular formula is C23H19Cl3N2O2. The highest BCUT2D eigenvalue weighted by Gasteiger charge is 2.10. The monoisotopic (exact) mass is 460 g/mol. The van der Waals surface area contributed by atoms with Crippen molar-refractivity contribution in [3.63, 3.8) is 0 Å². The van der Waals surface area contributed by atoms with Crippen molar-refractivity contribution in [1.82, 2.24) is 5.43 Å². The molecule has 0 saturated heterocycles. The molecule has 0 aliphatic carbocycles. The maximum atomic E-state index is 12.2. The molecule has 0 unspecified atom stereocenters. The molecule has 0 fully saturated rings. The van der Waals surface area contributed by atoms with Crippen molar-refractivity contribution in [2.45, 2.75) is 20.5 Å². The molecule has 1 N–H and O–H groups in total. The third kappa shape index (κ3) is 5.54. The molecule has 0 atom stereocenters. The van der Waals surface area contributed by atoms with Crippen LogP contribution in [0.1, 0.15) is 32.6 Å². The van der Waals surface area contributed by atoms with E-state index in [4.69, 9.17) is 39.5 Å². The predicted molar refractivity (Wildman–Crippen MR) is 123 cm³/mol. The first-order valence-corrected chi connectivity index (χ1v) is 10.2. The summed E-state index contributed by atoms with van der Waals surface area (Å²) in [5, 5.41) is 5.55. The third-order valence-electron chi connectivity index (χ3n) is 4.37. The first kappa shape index (κ1) is 22.2. The molecule has 7 heteroatoms. The summed E-state index contributed by atoms with van der Waals surface area (Å²) in [4.78, 5) is 12.2. The number of ether oxygens (including phenoxy) is 1. The SMILES string of the molecule is Cc1cc(/C=N\NC(=O)c2ccccc2Cl)cc(C)c1OCc1ccc(Cl)cc1Cl. The predicted octanol–water partition coefficient (Wildman–Crippen LogP) is 6.61. The number of aryl methyl sites for hydroxylation is 2. The van der Waals surface area contributed by atoms with Crippen molar-refractivity contribution in [1.29, 1.82) is 0 Å². The summed E-state index contributed by atoms with van der Waals surface area (Å²) in [7, 11) is 0. The summed E-state index contributed by atoms with van der Waals surface area (Å²) in [6, 6.07) is 16.0. The number of hydrogen-bond acceptors (Lipinski definition) is 3. The average molecular weight is 462 g/mol. The molecule has 30 heavy (non-hydrogen) atoms. The van der Waals surface area contributed by atoms with Gasteiger partial charge < -0.3 is 4.74 Å². The highest BCUT2D eigenvalue weighted by atomic mass is 35.5. The van der Waals surface area contributed by atoms with Gasteiger partial charge in [0, 0.05) is 15.6 Å². The Morgan fingerprint density at radius 3 is 2.37 bits per heavy atom. The van der Waals surface area contributed by atoms with E-state index in [0.29, 0.717) is 27.2 Å². The standard InChI is InChI=1S/C23H19Cl3N2O2/c1-14-9-16(12-27-28-23(29)19-5-3-4-6-20(19)25)10-15(2)22(14)30-13-17-7-8-18(24)11-21(17)26/h3-12H,13H2,1-2H3,(H,28,29)/b27-12-. The molecule has 0 radical (unpaired) electrons. The fraction of sp³-hybridized carbons (Fsp3) is 0.130. The van der Waals surface area contributed by atoms with E-state index >= 15 is 0 Å². The topological polar surface area (TPSA) is 50.7 Å². The Kier molecular flexibility index (Phi) is 7.38. The van der Waals surface area contributed by atoms with E-state index in [0.717, 1.165) is 28.0 Å². The summed E-state index contributed by atoms with van der Waals surface area (Å²) in [5.74, 6) is 0.406. The number of hydrazone groups is 1. The van der Waals surface area contributed by atoms with Gasteiger partial charge in [0.15, 0.2) is 0 Å². The first-order chi connectivity index (χ1) is 14.3. The van der Waals surface area contributed by atoms with Gasteiger partial charge in [0.1, 0.15) is 12.4 Å². The van der Waals surface area contributed by atoms with Crippen LogP contribution in [0.3, 0.4) is 0 Å². The minimum atomic E-state index is -0.370. The Balaban J connectivity index is 1.67. The molecule has 154 valence electrons. The molecule has 1 amide bonds. The van der Waals surface area contributed by atoms with Crippen LogP contribution >= 0.6 is 34.8 Å². The second-order valence-electron chi connectivity index (χ2n) is 6.69. The second-order valence-corrected chi connectivity index (χ2v) is 7.94. The van der Waals surface area contributed by atoms with Crippen molar-refractivity contribution in [3.05, 3.63) is 97.5 Å². The summed E-state index contributed by atoms with van der Waals surface area (Å²) in [6.45, 7) is 4.23. The molecule has 0 aliphatic rings. The molecule has 0 saturated carbocycles. The fourth-order valence-corrected chi connectivity index (χ4v) is 3.63. The molecule has 0 bridgehead atoms. The molecule has 3 rings (SSSR count). The summed E-state index contributed by atoms with van der Waals surface area (Å²) in [5.41, 5.74) is 6.43. The number of amides is 1. The minimum absolute atomic E-state index is 0.332. The zero-order valence-electron chi connectivity index (χ0n) is 16.4. The van der Waals surface area contributed by atoms with Crippen LogP contribution in [0.15, 0.2) is 59.7 Å². The van der Waals surface area contributed by atoms with E-state index in [1.165, 1.54) is 0 Å². The lowest BCUT2D eigenvalue weighted by atomic mass is 10.1. The molecular weight excluding hydrogens is 443 g/mol. The van der Waals surface area contributed by atoms with E-state index in [1.54, 1.807) is 42.6 Å². The van der Waals surface area contributed by atoms with Crippen LogP contribution in [-0.4, -0.2) is 12.1 Å². The Morgan fingerprint density at radius 1 is 1.00 bits per heavy atom. The van der Waals surface area contributed by atoms with E-state index in [-0.39, 0.29) is 5.91 Å². The number of carbonyl (C=O) groups is 1. The average Bonchev–Trinajstić information content (AvgIpc) is 2.69. The quantitative estimate of drug-likeness (QED) is 0.332. The number of nitrogens with zero attached hydrogens (tertiary/aromatic N) is 1. The first-order valence-electron chi connectivity index (χ1n) is 9.11. The van der Waals surface area contributed by atoms with Crippen LogP contribution in [0.4, 0.5) is 0 Å². The number of hydrogen-bond donors (Lipinski definition) is 1. The zero-order chi connectivity index (χ0) is 21.7. The number of halogens is 3. The Hall–Kier alpha value is -2.53. The van der Waals surface area contributed by atoms with E-state index in [9.17, 15) is 4.79 Å². The van der Waals surface area contributed by atoms with Gasteiger partial charge in [-0.25, -0.2) is 5.43 Å². The smallest absolute Gasteiger partial charge is 0.272 e. The van der Waals surface area contributed by atoms with Crippen LogP contribution in [0.5, 0.6) is 5.75 Å². The number of nitrogens with one attached hydrogen (secondary N) is 1. The van der Waals surface area contributed by atoms with Crippen LogP contribution in [-0.2, 0) is 6.61 Å². The van der Waals surface area contributed by atoms with Gasteiger partial charge in [-0.3, -0.25) is 4.79 Å². The van der Waals surface area contributed by atoms with Gasteiger partial charge in [-0.1, -0.05) is 53.0 Å². The highest BCUT2D eigenvalue weighted by Crippen LogP contribution is 2.27. The van der Waals surface area contributed by atoms with Gasteiger partial charge in [0.25, 0.3) is 5.91 Å². The Morgan fingerprint density at radius 2 is 1.70 bits per heavy atom. The molecule has 0 heterocycles. The molecule has 3 aromatic rings. The van der Waals surface area contributed by atoms with E-state index in [1.807, 2.05) is 32.0 Å². The zero-order valence-corrected chi connectivity index (χ0v) is 18.6. The van der Waals surface area contributed by atoms with E-state index in [2.05, 4.69) is 10.5 Å². The molecule has 0 aromatic heterocycles. The third-order valence-corrected chi connectivity index (χ3v) is 5.28. The lowest BCUT2D eigenvalue weighted by Gasteiger charge is -2.14. The van der Waals surface area contributed by atoms with Crippen molar-refractivity contribution < 1.29 is 9.53 Å².